The van der Waals surface area contributed by atoms with Crippen LogP contribution in [0.3, 0.4) is 0 Å². The highest BCUT2D eigenvalue weighted by Gasteiger charge is 2.26. The van der Waals surface area contributed by atoms with Crippen LogP contribution in [-0.4, -0.2) is 42.7 Å². The highest BCUT2D eigenvalue weighted by atomic mass is 15.3. The molecule has 0 spiro atoms. The maximum atomic E-state index is 6.84. The van der Waals surface area contributed by atoms with E-state index in [2.05, 4.69) is 165 Å². The molecule has 1 unspecified atom stereocenters. The number of aromatic nitrogens is 4. The van der Waals surface area contributed by atoms with Gasteiger partial charge in [0.05, 0.1) is 50.5 Å². The lowest BCUT2D eigenvalue weighted by Gasteiger charge is -2.34. The van der Waals surface area contributed by atoms with Gasteiger partial charge in [0.2, 0.25) is 0 Å². The van der Waals surface area contributed by atoms with Crippen LogP contribution < -0.4 is 5.73 Å². The third-order valence-electron chi connectivity index (χ3n) is 13.0. The zero-order valence-corrected chi connectivity index (χ0v) is 38.8. The molecule has 5 heterocycles. The number of nitrogens with zero attached hydrogens (tertiary/aromatic N) is 7. The van der Waals surface area contributed by atoms with Crippen LogP contribution in [0.4, 0.5) is 0 Å². The fraction of sp³-hybridized carbons (Fsp3) is 0.100. The molecule has 68 heavy (non-hydrogen) atoms. The predicted octanol–water partition coefficient (Wildman–Crippen LogP) is 13.4. The van der Waals surface area contributed by atoms with Gasteiger partial charge in [-0.25, -0.2) is 20.0 Å². The lowest BCUT2D eigenvalue weighted by Crippen LogP contribution is -2.28. The second kappa shape index (κ2) is 17.0. The van der Waals surface area contributed by atoms with Gasteiger partial charge in [-0.1, -0.05) is 126 Å². The van der Waals surface area contributed by atoms with E-state index in [0.29, 0.717) is 34.3 Å². The van der Waals surface area contributed by atoms with Crippen molar-refractivity contribution in [1.29, 1.82) is 0 Å². The number of amidine groups is 2. The fourth-order valence-electron chi connectivity index (χ4n) is 9.60. The van der Waals surface area contributed by atoms with E-state index in [1.54, 1.807) is 0 Å². The molecule has 4 aromatic heterocycles. The van der Waals surface area contributed by atoms with Crippen LogP contribution in [0.5, 0.6) is 0 Å². The Morgan fingerprint density at radius 1 is 0.529 bits per heavy atom. The van der Waals surface area contributed by atoms with Gasteiger partial charge in [-0.3, -0.25) is 4.57 Å². The Hall–Kier alpha value is -8.62. The van der Waals surface area contributed by atoms with Gasteiger partial charge in [-0.2, -0.15) is 0 Å². The minimum absolute atomic E-state index is 0.170. The lowest BCUT2D eigenvalue weighted by molar-refractivity contribution is 0.330. The molecule has 11 rings (SSSR count). The molecule has 0 saturated carbocycles. The van der Waals surface area contributed by atoms with Crippen molar-refractivity contribution in [3.63, 3.8) is 0 Å². The number of allylic oxidation sites excluding steroid dienone is 2. The van der Waals surface area contributed by atoms with Crippen LogP contribution in [0.15, 0.2) is 199 Å². The van der Waals surface area contributed by atoms with Crippen LogP contribution in [-0.2, 0) is 0 Å². The van der Waals surface area contributed by atoms with Crippen molar-refractivity contribution in [2.75, 3.05) is 7.05 Å². The third kappa shape index (κ3) is 7.55. The van der Waals surface area contributed by atoms with Crippen molar-refractivity contribution in [2.24, 2.45) is 15.7 Å². The van der Waals surface area contributed by atoms with Crippen molar-refractivity contribution in [2.45, 2.75) is 33.9 Å². The van der Waals surface area contributed by atoms with Gasteiger partial charge < -0.3 is 15.2 Å². The number of nitrogens with two attached hydrogens (primary N) is 1. The molecule has 0 bridgehead atoms. The Morgan fingerprint density at radius 2 is 1.06 bits per heavy atom. The standard InChI is InChI=1S/C60H50N8/c1-37-23-27-52-45(31-37)46-32-38(2)24-28-53(46)67(52)57-21-13-19-49(64-57)50-35-44(60(62-41(5)42-15-9-7-10-16-42)65-59(61)43-17-11-8-12-18-43)36-51(63-50)56-20-14-22-58(66(56)6)68-54-29-25-39(3)33-47(54)48-34-40(4)26-30-55(48)68/h7-36,58H,5H2,1-4,6H3,(H2,61,62,65). The minimum Gasteiger partial charge on any atom is -0.383 e. The van der Waals surface area contributed by atoms with E-state index in [9.17, 15) is 0 Å². The molecule has 0 saturated heterocycles. The smallest absolute Gasteiger partial charge is 0.162 e. The van der Waals surface area contributed by atoms with Crippen molar-refractivity contribution in [1.82, 2.24) is 24.0 Å². The topological polar surface area (TPSA) is 89.6 Å². The van der Waals surface area contributed by atoms with E-state index >= 15 is 0 Å². The first kappa shape index (κ1) is 42.0. The summed E-state index contributed by atoms with van der Waals surface area (Å²) in [5, 5.41) is 4.85. The number of hydrogen-bond donors (Lipinski definition) is 1. The van der Waals surface area contributed by atoms with Gasteiger partial charge in [0.15, 0.2) is 5.84 Å². The van der Waals surface area contributed by atoms with E-state index in [0.717, 1.165) is 50.4 Å². The molecule has 1 atom stereocenters. The summed E-state index contributed by atoms with van der Waals surface area (Å²) in [7, 11) is 2.14. The predicted molar refractivity (Wildman–Crippen MR) is 283 cm³/mol. The first-order valence-electron chi connectivity index (χ1n) is 22.9. The number of aliphatic imine (C=N–C) groups is 2. The van der Waals surface area contributed by atoms with Crippen molar-refractivity contribution < 1.29 is 0 Å². The molecule has 330 valence electrons. The fourth-order valence-corrected chi connectivity index (χ4v) is 9.60. The van der Waals surface area contributed by atoms with Gasteiger partial charge in [0.1, 0.15) is 17.8 Å². The molecular formula is C60H50N8. The Balaban J connectivity index is 1.11. The van der Waals surface area contributed by atoms with E-state index < -0.39 is 0 Å². The summed E-state index contributed by atoms with van der Waals surface area (Å²) in [6.07, 6.45) is 6.34. The first-order chi connectivity index (χ1) is 33.1. The Labute approximate surface area is 396 Å². The quantitative estimate of drug-likeness (QED) is 0.122. The molecule has 0 fully saturated rings. The summed E-state index contributed by atoms with van der Waals surface area (Å²) in [6.45, 7) is 13.0. The molecule has 8 heteroatoms. The Kier molecular flexibility index (Phi) is 10.5. The monoisotopic (exact) mass is 882 g/mol. The number of benzene rings is 6. The molecule has 6 aromatic carbocycles. The van der Waals surface area contributed by atoms with Gasteiger partial charge in [-0.15, -0.1) is 0 Å². The summed E-state index contributed by atoms with van der Waals surface area (Å²) < 4.78 is 4.68. The molecule has 2 N–H and O–H groups in total. The molecule has 1 aliphatic rings. The van der Waals surface area contributed by atoms with Crippen LogP contribution in [0.25, 0.3) is 72.2 Å². The summed E-state index contributed by atoms with van der Waals surface area (Å²) in [6, 6.07) is 56.6. The van der Waals surface area contributed by atoms with Crippen LogP contribution in [0.2, 0.25) is 0 Å². The number of fused-ring (bicyclic) bond motifs is 6. The number of hydrogen-bond acceptors (Lipinski definition) is 4. The SMILES string of the molecule is C=C(/N=C(\N=C(/N)c1ccccc1)c1cc(C2=CC=CC(n3c4ccc(C)cc4c4cc(C)ccc43)N2C)nc(-c2cccc(-n3c4ccc(C)cc4c4cc(C)ccc43)n2)c1)c1ccccc1. The normalized spacial score (nSPS) is 14.4. The van der Waals surface area contributed by atoms with Gasteiger partial charge in [-0.05, 0) is 118 Å². The van der Waals surface area contributed by atoms with Crippen molar-refractivity contribution >= 4 is 66.7 Å². The average molecular weight is 883 g/mol. The third-order valence-corrected chi connectivity index (χ3v) is 13.0. The summed E-state index contributed by atoms with van der Waals surface area (Å²) in [4.78, 5) is 23.4. The molecule has 10 aromatic rings. The second-order valence-electron chi connectivity index (χ2n) is 17.9. The van der Waals surface area contributed by atoms with E-state index in [-0.39, 0.29) is 6.17 Å². The van der Waals surface area contributed by atoms with E-state index in [1.165, 1.54) is 43.8 Å². The maximum absolute atomic E-state index is 6.84. The summed E-state index contributed by atoms with van der Waals surface area (Å²) >= 11 is 0. The maximum Gasteiger partial charge on any atom is 0.162 e. The highest BCUT2D eigenvalue weighted by Crippen LogP contribution is 2.39. The molecular weight excluding hydrogens is 833 g/mol. The first-order valence-corrected chi connectivity index (χ1v) is 22.9. The zero-order valence-electron chi connectivity index (χ0n) is 38.8. The zero-order chi connectivity index (χ0) is 46.6. The number of aryl methyl sites for hydroxylation is 4. The molecule has 0 amide bonds. The molecule has 0 radical (unpaired) electrons. The number of pyridine rings is 2. The Bertz CT molecular complexity index is 3650. The molecule has 8 nitrogen and oxygen atoms in total. The minimum atomic E-state index is -0.170. The molecule has 0 aliphatic carbocycles. The van der Waals surface area contributed by atoms with Crippen molar-refractivity contribution in [3.05, 3.63) is 233 Å². The highest BCUT2D eigenvalue weighted by molar-refractivity contribution is 6.13. The van der Waals surface area contributed by atoms with Gasteiger partial charge in [0.25, 0.3) is 0 Å². The van der Waals surface area contributed by atoms with Crippen LogP contribution >= 0.6 is 0 Å². The number of likely N-dealkylation sites (N-methyl/N-ethyl adjacent to an activating group) is 1. The number of rotatable bonds is 8. The lowest BCUT2D eigenvalue weighted by atomic mass is 10.1. The molecule has 1 aliphatic heterocycles. The van der Waals surface area contributed by atoms with Crippen molar-refractivity contribution in [3.8, 4) is 17.2 Å². The summed E-state index contributed by atoms with van der Waals surface area (Å²) in [5.41, 5.74) is 22.1. The average Bonchev–Trinajstić information content (AvgIpc) is 3.84. The van der Waals surface area contributed by atoms with Crippen LogP contribution in [0.1, 0.15) is 50.8 Å². The second-order valence-corrected chi connectivity index (χ2v) is 17.9. The summed E-state index contributed by atoms with van der Waals surface area (Å²) in [5.74, 6) is 1.51. The Morgan fingerprint density at radius 3 is 1.65 bits per heavy atom. The van der Waals surface area contributed by atoms with Gasteiger partial charge >= 0.3 is 0 Å². The van der Waals surface area contributed by atoms with Crippen LogP contribution in [0, 0.1) is 27.7 Å². The van der Waals surface area contributed by atoms with Gasteiger partial charge in [0, 0.05) is 39.7 Å². The largest absolute Gasteiger partial charge is 0.383 e. The van der Waals surface area contributed by atoms with E-state index in [1.807, 2.05) is 72.8 Å². The van der Waals surface area contributed by atoms with E-state index in [4.69, 9.17) is 25.7 Å².